The Balaban J connectivity index is 1.30. The fraction of sp³-hybridized carbons (Fsp3) is 0.486. The van der Waals surface area contributed by atoms with E-state index in [1.54, 1.807) is 38.4 Å². The van der Waals surface area contributed by atoms with E-state index in [9.17, 15) is 18.9 Å². The maximum Gasteiger partial charge on any atom is 0.286 e. The van der Waals surface area contributed by atoms with E-state index >= 15 is 0 Å². The molecule has 7 rings (SSSR count). The van der Waals surface area contributed by atoms with Gasteiger partial charge in [-0.05, 0) is 91.8 Å². The molecule has 12 nitrogen and oxygen atoms in total. The summed E-state index contributed by atoms with van der Waals surface area (Å²) < 4.78 is 40.2. The van der Waals surface area contributed by atoms with Crippen LogP contribution < -0.4 is 19.1 Å². The van der Waals surface area contributed by atoms with E-state index in [2.05, 4.69) is 31.2 Å². The van der Waals surface area contributed by atoms with Crippen LogP contribution in [0.15, 0.2) is 59.1 Å². The minimum absolute atomic E-state index is 0.0261. The Morgan fingerprint density at radius 3 is 2.76 bits per heavy atom. The number of rotatable bonds is 4. The number of anilines is 1. The number of aliphatic hydroxyl groups excluding tert-OH is 1. The first-order valence-corrected chi connectivity index (χ1v) is 19.4. The SMILES string of the molecule is COc1nn(C)cc1C(=O)NS1(=O)=NC(=O)c2ccc3c(c2)N(C[C@@H]2CC[C@H]2[C@@H](OC)/C=C/[C@H](O)CC1)C[C@@]1(CCCc2cc(Cl)ccc21)CO3. The molecular formula is C37H44ClN5O7S. The maximum absolute atomic E-state index is 14.4. The maximum atomic E-state index is 14.4. The number of carbonyl (C=O) groups is 2. The number of hydrogen-bond donors (Lipinski definition) is 2. The molecule has 2 N–H and O–H groups in total. The van der Waals surface area contributed by atoms with Gasteiger partial charge in [0.15, 0.2) is 0 Å². The van der Waals surface area contributed by atoms with Crippen LogP contribution in [0.1, 0.15) is 63.9 Å². The van der Waals surface area contributed by atoms with Gasteiger partial charge in [-0.3, -0.25) is 19.0 Å². The third kappa shape index (κ3) is 7.13. The average molecular weight is 738 g/mol. The Hall–Kier alpha value is -3.91. The second-order valence-electron chi connectivity index (χ2n) is 14.1. The van der Waals surface area contributed by atoms with E-state index in [1.165, 1.54) is 29.1 Å². The number of fused-ring (bicyclic) bond motifs is 4. The summed E-state index contributed by atoms with van der Waals surface area (Å²) in [5, 5.41) is 15.8. The van der Waals surface area contributed by atoms with Crippen molar-refractivity contribution >= 4 is 39.0 Å². The Bertz CT molecular complexity index is 1990. The highest BCUT2D eigenvalue weighted by Gasteiger charge is 2.44. The first-order chi connectivity index (χ1) is 24.5. The van der Waals surface area contributed by atoms with Gasteiger partial charge in [0.2, 0.25) is 5.88 Å². The van der Waals surface area contributed by atoms with Crippen molar-refractivity contribution in [1.82, 2.24) is 14.5 Å². The molecule has 2 aliphatic carbocycles. The molecule has 2 aromatic carbocycles. The van der Waals surface area contributed by atoms with Crippen molar-refractivity contribution in [1.29, 1.82) is 0 Å². The fourth-order valence-electron chi connectivity index (χ4n) is 8.08. The summed E-state index contributed by atoms with van der Waals surface area (Å²) >= 11 is 6.44. The fourth-order valence-corrected chi connectivity index (χ4v) is 9.84. The number of nitrogens with one attached hydrogen (secondary N) is 1. The Morgan fingerprint density at radius 2 is 2.00 bits per heavy atom. The summed E-state index contributed by atoms with van der Waals surface area (Å²) in [4.78, 5) is 29.7. The van der Waals surface area contributed by atoms with Crippen molar-refractivity contribution in [3.8, 4) is 11.6 Å². The number of hydrogen-bond acceptors (Lipinski definition) is 9. The predicted molar refractivity (Wildman–Crippen MR) is 194 cm³/mol. The van der Waals surface area contributed by atoms with Crippen molar-refractivity contribution in [2.24, 2.45) is 23.2 Å². The van der Waals surface area contributed by atoms with Crippen LogP contribution in [-0.4, -0.2) is 82.8 Å². The van der Waals surface area contributed by atoms with Gasteiger partial charge in [0, 0.05) is 49.4 Å². The predicted octanol–water partition coefficient (Wildman–Crippen LogP) is 4.87. The van der Waals surface area contributed by atoms with Crippen LogP contribution in [0, 0.1) is 11.8 Å². The number of aryl methyl sites for hydroxylation is 2. The van der Waals surface area contributed by atoms with Gasteiger partial charge >= 0.3 is 0 Å². The molecule has 0 saturated heterocycles. The summed E-state index contributed by atoms with van der Waals surface area (Å²) in [6.07, 6.45) is 8.54. The van der Waals surface area contributed by atoms with E-state index in [0.717, 1.165) is 37.8 Å². The average Bonchev–Trinajstić information content (AvgIpc) is 3.42. The zero-order chi connectivity index (χ0) is 35.9. The third-order valence-corrected chi connectivity index (χ3v) is 12.8. The molecule has 2 bridgehead atoms. The molecule has 0 radical (unpaired) electrons. The van der Waals surface area contributed by atoms with E-state index in [-0.39, 0.29) is 46.6 Å². The number of halogens is 1. The number of methoxy groups -OCH3 is 2. The number of aromatic nitrogens is 2. The molecule has 3 heterocycles. The molecule has 6 atom stereocenters. The number of nitrogens with zero attached hydrogens (tertiary/aromatic N) is 4. The van der Waals surface area contributed by atoms with E-state index in [0.29, 0.717) is 36.4 Å². The molecule has 1 saturated carbocycles. The topological polar surface area (TPSA) is 145 Å². The smallest absolute Gasteiger partial charge is 0.286 e. The lowest BCUT2D eigenvalue weighted by Gasteiger charge is -2.46. The standard InChI is InChI=1S/C37H44ClN5O7S/c1-42-20-29(36(39-42)49-3)35(46)41-51(47)16-14-27(44)9-13-32(48-2)28-10-6-25(28)19-43-21-37(15-4-5-23-17-26(38)8-11-30(23)37)22-50-33-12-7-24(18-31(33)43)34(45)40-51/h7-9,11-13,17-18,20,25,27-28,32,44H,4-6,10,14-16,19,21-22H2,1-3H3,(H,40,41,45,46,47)/b13-9+/t25-,27-,28+,32-,37-,51?/m0/s1. The van der Waals surface area contributed by atoms with Crippen molar-refractivity contribution in [2.45, 2.75) is 56.1 Å². The van der Waals surface area contributed by atoms with Crippen molar-refractivity contribution in [3.63, 3.8) is 0 Å². The highest BCUT2D eigenvalue weighted by molar-refractivity contribution is 7.92. The first kappa shape index (κ1) is 35.5. The number of aliphatic hydroxyl groups is 1. The number of ether oxygens (including phenoxy) is 3. The molecule has 14 heteroatoms. The van der Waals surface area contributed by atoms with Crippen LogP contribution in [0.5, 0.6) is 11.6 Å². The molecular weight excluding hydrogens is 694 g/mol. The number of benzene rings is 2. The molecule has 1 unspecified atom stereocenters. The first-order valence-electron chi connectivity index (χ1n) is 17.4. The van der Waals surface area contributed by atoms with Gasteiger partial charge in [0.25, 0.3) is 11.8 Å². The van der Waals surface area contributed by atoms with E-state index in [1.807, 2.05) is 12.1 Å². The lowest BCUT2D eigenvalue weighted by Crippen LogP contribution is -2.49. The van der Waals surface area contributed by atoms with Gasteiger partial charge in [-0.2, -0.15) is 0 Å². The number of amides is 2. The summed E-state index contributed by atoms with van der Waals surface area (Å²) in [5.41, 5.74) is 3.18. The minimum atomic E-state index is -3.74. The van der Waals surface area contributed by atoms with Crippen LogP contribution >= 0.6 is 11.6 Å². The Morgan fingerprint density at radius 1 is 1.16 bits per heavy atom. The molecule has 3 aromatic rings. The lowest BCUT2D eigenvalue weighted by molar-refractivity contribution is 0.0126. The lowest BCUT2D eigenvalue weighted by atomic mass is 9.68. The molecule has 272 valence electrons. The Labute approximate surface area is 303 Å². The van der Waals surface area contributed by atoms with E-state index < -0.39 is 27.8 Å². The summed E-state index contributed by atoms with van der Waals surface area (Å²) in [5.74, 6) is -0.603. The molecule has 1 aromatic heterocycles. The quantitative estimate of drug-likeness (QED) is 0.359. The molecule has 1 fully saturated rings. The highest BCUT2D eigenvalue weighted by Crippen LogP contribution is 2.47. The molecule has 4 aliphatic rings. The van der Waals surface area contributed by atoms with Crippen LogP contribution in [0.25, 0.3) is 0 Å². The normalized spacial score (nSPS) is 29.7. The summed E-state index contributed by atoms with van der Waals surface area (Å²) in [6, 6.07) is 11.3. The highest BCUT2D eigenvalue weighted by atomic mass is 35.5. The van der Waals surface area contributed by atoms with Gasteiger partial charge in [0.1, 0.15) is 21.2 Å². The zero-order valence-electron chi connectivity index (χ0n) is 29.0. The molecule has 51 heavy (non-hydrogen) atoms. The van der Waals surface area contributed by atoms with Crippen molar-refractivity contribution in [3.05, 3.63) is 82.0 Å². The van der Waals surface area contributed by atoms with E-state index in [4.69, 9.17) is 25.8 Å². The van der Waals surface area contributed by atoms with Gasteiger partial charge in [-0.15, -0.1) is 9.46 Å². The van der Waals surface area contributed by atoms with Crippen LogP contribution in [-0.2, 0) is 33.5 Å². The van der Waals surface area contributed by atoms with Gasteiger partial charge in [0.05, 0.1) is 37.4 Å². The molecule has 2 aliphatic heterocycles. The summed E-state index contributed by atoms with van der Waals surface area (Å²) in [6.45, 7) is 1.84. The van der Waals surface area contributed by atoms with Crippen LogP contribution in [0.2, 0.25) is 5.02 Å². The monoisotopic (exact) mass is 737 g/mol. The van der Waals surface area contributed by atoms with Gasteiger partial charge in [-0.1, -0.05) is 29.8 Å². The largest absolute Gasteiger partial charge is 0.490 e. The molecule has 2 amide bonds. The number of carbonyl (C=O) groups excluding carboxylic acids is 2. The van der Waals surface area contributed by atoms with Crippen LogP contribution in [0.4, 0.5) is 5.69 Å². The van der Waals surface area contributed by atoms with Crippen LogP contribution in [0.3, 0.4) is 0 Å². The van der Waals surface area contributed by atoms with Gasteiger partial charge < -0.3 is 24.2 Å². The zero-order valence-corrected chi connectivity index (χ0v) is 30.6. The van der Waals surface area contributed by atoms with Crippen molar-refractivity contribution < 1.29 is 33.1 Å². The van der Waals surface area contributed by atoms with Crippen molar-refractivity contribution in [2.75, 3.05) is 44.6 Å². The summed E-state index contributed by atoms with van der Waals surface area (Å²) in [7, 11) is 0.932. The minimum Gasteiger partial charge on any atom is -0.490 e. The third-order valence-electron chi connectivity index (χ3n) is 10.8. The second-order valence-corrected chi connectivity index (χ2v) is 16.6. The molecule has 1 spiro atoms. The van der Waals surface area contributed by atoms with Gasteiger partial charge in [-0.25, -0.2) is 4.21 Å². The Kier molecular flexibility index (Phi) is 9.92. The second kappa shape index (κ2) is 14.3.